The number of aryl methyl sites for hydroxylation is 2. The van der Waals surface area contributed by atoms with E-state index in [9.17, 15) is 14.9 Å². The number of hydrogen-bond acceptors (Lipinski definition) is 7. The average Bonchev–Trinajstić information content (AvgIpc) is 3.47. The Kier molecular flexibility index (Phi) is 8.96. The van der Waals surface area contributed by atoms with Gasteiger partial charge < -0.3 is 19.4 Å². The largest absolute Gasteiger partial charge is 0.494 e. The van der Waals surface area contributed by atoms with Crippen molar-refractivity contribution in [3.05, 3.63) is 68.9 Å². The molecule has 194 valence electrons. The Bertz CT molecular complexity index is 1290. The predicted octanol–water partition coefficient (Wildman–Crippen LogP) is 4.53. The molecule has 0 bridgehead atoms. The first-order valence-electron chi connectivity index (χ1n) is 12.6. The number of imidazole rings is 1. The Hall–Kier alpha value is -3.64. The number of nitrogens with one attached hydrogen (secondary N) is 1. The number of thiophene rings is 1. The van der Waals surface area contributed by atoms with Gasteiger partial charge in [-0.1, -0.05) is 18.2 Å². The van der Waals surface area contributed by atoms with Gasteiger partial charge in [-0.15, -0.1) is 11.3 Å². The van der Waals surface area contributed by atoms with E-state index in [1.807, 2.05) is 49.0 Å². The third kappa shape index (κ3) is 6.98. The summed E-state index contributed by atoms with van der Waals surface area (Å²) in [4.78, 5) is 31.1. The second-order valence-electron chi connectivity index (χ2n) is 9.26. The van der Waals surface area contributed by atoms with Crippen molar-refractivity contribution in [1.29, 1.82) is 5.26 Å². The Balaban J connectivity index is 1.29. The minimum atomic E-state index is -0.461. The van der Waals surface area contributed by atoms with Gasteiger partial charge in [0.15, 0.2) is 0 Å². The van der Waals surface area contributed by atoms with Gasteiger partial charge in [-0.3, -0.25) is 4.79 Å². The van der Waals surface area contributed by atoms with Crippen LogP contribution < -0.4 is 10.1 Å². The summed E-state index contributed by atoms with van der Waals surface area (Å²) in [6.45, 7) is 3.17. The van der Waals surface area contributed by atoms with Gasteiger partial charge in [0.05, 0.1) is 37.3 Å². The fourth-order valence-electron chi connectivity index (χ4n) is 4.62. The standard InChI is InChI=1S/C28H32N4O4S/c1-3-35-25-7-5-4-6-20(25)9-10-22(33)13-27-24(14-29)23-11-8-19(12-26(23)37-27)17-36-28(34)30-15-21-16-32(2)18-31-21/h4-7,16,18-19H,3,8-13,15,17H2,1-2H3,(H,30,34). The smallest absolute Gasteiger partial charge is 0.407 e. The fourth-order valence-corrected chi connectivity index (χ4v) is 6.07. The molecule has 0 spiro atoms. The van der Waals surface area contributed by atoms with Crippen LogP contribution >= 0.6 is 11.3 Å². The number of ether oxygens (including phenoxy) is 2. The second kappa shape index (κ2) is 12.5. The number of alkyl carbamates (subject to hydrolysis) is 1. The molecule has 1 aromatic carbocycles. The number of nitrogens with zero attached hydrogens (tertiary/aromatic N) is 3. The van der Waals surface area contributed by atoms with Gasteiger partial charge in [-0.2, -0.15) is 5.26 Å². The van der Waals surface area contributed by atoms with E-state index in [1.54, 1.807) is 17.7 Å². The number of benzene rings is 1. The molecule has 0 radical (unpaired) electrons. The molecule has 1 unspecified atom stereocenters. The van der Waals surface area contributed by atoms with E-state index in [2.05, 4.69) is 16.4 Å². The molecule has 2 aromatic heterocycles. The summed E-state index contributed by atoms with van der Waals surface area (Å²) in [5, 5.41) is 12.5. The second-order valence-corrected chi connectivity index (χ2v) is 10.5. The van der Waals surface area contributed by atoms with Crippen LogP contribution in [0.5, 0.6) is 5.75 Å². The Morgan fingerprint density at radius 2 is 2.16 bits per heavy atom. The summed E-state index contributed by atoms with van der Waals surface area (Å²) in [7, 11) is 1.87. The van der Waals surface area contributed by atoms with Crippen molar-refractivity contribution in [2.45, 2.75) is 52.0 Å². The highest BCUT2D eigenvalue weighted by atomic mass is 32.1. The lowest BCUT2D eigenvalue weighted by molar-refractivity contribution is -0.118. The van der Waals surface area contributed by atoms with E-state index in [0.717, 1.165) is 51.6 Å². The number of rotatable bonds is 11. The third-order valence-electron chi connectivity index (χ3n) is 6.48. The summed E-state index contributed by atoms with van der Waals surface area (Å²) >= 11 is 1.56. The Morgan fingerprint density at radius 3 is 2.92 bits per heavy atom. The first kappa shape index (κ1) is 26.4. The lowest BCUT2D eigenvalue weighted by Gasteiger charge is -2.22. The number of aromatic nitrogens is 2. The van der Waals surface area contributed by atoms with Gasteiger partial charge in [0.2, 0.25) is 0 Å². The molecule has 37 heavy (non-hydrogen) atoms. The minimum absolute atomic E-state index is 0.117. The van der Waals surface area contributed by atoms with Crippen LogP contribution in [0.3, 0.4) is 0 Å². The number of para-hydroxylation sites is 1. The molecule has 1 atom stereocenters. The molecule has 0 fully saturated rings. The van der Waals surface area contributed by atoms with Crippen LogP contribution in [0.25, 0.3) is 0 Å². The third-order valence-corrected chi connectivity index (χ3v) is 7.73. The van der Waals surface area contributed by atoms with Crippen molar-refractivity contribution in [3.8, 4) is 11.8 Å². The number of Topliss-reactive ketones (excluding diaryl/α,β-unsaturated/α-hetero) is 1. The summed E-state index contributed by atoms with van der Waals surface area (Å²) in [5.74, 6) is 1.13. The van der Waals surface area contributed by atoms with E-state index in [1.165, 1.54) is 0 Å². The van der Waals surface area contributed by atoms with Crippen LogP contribution in [-0.4, -0.2) is 34.6 Å². The number of nitriles is 1. The zero-order chi connectivity index (χ0) is 26.2. The van der Waals surface area contributed by atoms with Crippen molar-refractivity contribution in [2.24, 2.45) is 13.0 Å². The van der Waals surface area contributed by atoms with Crippen LogP contribution in [-0.2, 0) is 48.8 Å². The van der Waals surface area contributed by atoms with Crippen molar-refractivity contribution >= 4 is 23.2 Å². The average molecular weight is 521 g/mol. The van der Waals surface area contributed by atoms with Crippen molar-refractivity contribution < 1.29 is 19.1 Å². The maximum atomic E-state index is 12.8. The van der Waals surface area contributed by atoms with Crippen molar-refractivity contribution in [2.75, 3.05) is 13.2 Å². The first-order valence-corrected chi connectivity index (χ1v) is 13.4. The van der Waals surface area contributed by atoms with E-state index < -0.39 is 6.09 Å². The number of carbonyl (C=O) groups is 2. The lowest BCUT2D eigenvalue weighted by Crippen LogP contribution is -2.27. The van der Waals surface area contributed by atoms with Gasteiger partial charge in [0, 0.05) is 35.8 Å². The normalized spacial score (nSPS) is 14.5. The summed E-state index contributed by atoms with van der Waals surface area (Å²) in [6.07, 6.45) is 6.70. The Morgan fingerprint density at radius 1 is 1.32 bits per heavy atom. The molecular weight excluding hydrogens is 488 g/mol. The van der Waals surface area contributed by atoms with Crippen LogP contribution in [0, 0.1) is 17.2 Å². The Labute approximate surface area is 221 Å². The molecule has 1 aliphatic carbocycles. The zero-order valence-electron chi connectivity index (χ0n) is 21.3. The molecule has 0 aliphatic heterocycles. The quantitative estimate of drug-likeness (QED) is 0.398. The van der Waals surface area contributed by atoms with Gasteiger partial charge >= 0.3 is 6.09 Å². The van der Waals surface area contributed by atoms with Crippen LogP contribution in [0.2, 0.25) is 0 Å². The molecule has 2 heterocycles. The van der Waals surface area contributed by atoms with Gasteiger partial charge in [-0.05, 0) is 55.7 Å². The number of amides is 1. The minimum Gasteiger partial charge on any atom is -0.494 e. The van der Waals surface area contributed by atoms with E-state index in [-0.39, 0.29) is 18.1 Å². The van der Waals surface area contributed by atoms with Crippen molar-refractivity contribution in [1.82, 2.24) is 14.9 Å². The molecular formula is C28H32N4O4S. The molecule has 1 amide bonds. The highest BCUT2D eigenvalue weighted by Gasteiger charge is 2.27. The molecule has 3 aromatic rings. The summed E-state index contributed by atoms with van der Waals surface area (Å²) in [6, 6.07) is 10.1. The topological polar surface area (TPSA) is 106 Å². The first-order chi connectivity index (χ1) is 18.0. The molecule has 4 rings (SSSR count). The predicted molar refractivity (Wildman–Crippen MR) is 141 cm³/mol. The van der Waals surface area contributed by atoms with Gasteiger partial charge in [-0.25, -0.2) is 9.78 Å². The van der Waals surface area contributed by atoms with Crippen LogP contribution in [0.15, 0.2) is 36.8 Å². The SMILES string of the molecule is CCOc1ccccc1CCC(=O)Cc1sc2c(c1C#N)CCC(COC(=O)NCc1cn(C)cn1)C2. The number of fused-ring (bicyclic) bond motifs is 1. The van der Waals surface area contributed by atoms with Gasteiger partial charge in [0.25, 0.3) is 0 Å². The van der Waals surface area contributed by atoms with Crippen LogP contribution in [0.4, 0.5) is 4.79 Å². The zero-order valence-corrected chi connectivity index (χ0v) is 22.1. The van der Waals surface area contributed by atoms with E-state index >= 15 is 0 Å². The maximum Gasteiger partial charge on any atom is 0.407 e. The summed E-state index contributed by atoms with van der Waals surface area (Å²) in [5.41, 5.74) is 3.52. The highest BCUT2D eigenvalue weighted by Crippen LogP contribution is 2.37. The molecule has 9 heteroatoms. The molecule has 8 nitrogen and oxygen atoms in total. The maximum absolute atomic E-state index is 12.8. The van der Waals surface area contributed by atoms with E-state index in [4.69, 9.17) is 9.47 Å². The van der Waals surface area contributed by atoms with Crippen molar-refractivity contribution in [3.63, 3.8) is 0 Å². The van der Waals surface area contributed by atoms with Crippen LogP contribution in [0.1, 0.15) is 51.9 Å². The highest BCUT2D eigenvalue weighted by molar-refractivity contribution is 7.12. The molecule has 1 N–H and O–H groups in total. The molecule has 0 saturated carbocycles. The monoisotopic (exact) mass is 520 g/mol. The van der Waals surface area contributed by atoms with E-state index in [0.29, 0.717) is 38.2 Å². The number of carbonyl (C=O) groups excluding carboxylic acids is 2. The summed E-state index contributed by atoms with van der Waals surface area (Å²) < 4.78 is 12.9. The lowest BCUT2D eigenvalue weighted by atomic mass is 9.87. The number of hydrogen-bond donors (Lipinski definition) is 1. The fraction of sp³-hybridized carbons (Fsp3) is 0.429. The molecule has 0 saturated heterocycles. The molecule has 1 aliphatic rings. The van der Waals surface area contributed by atoms with Gasteiger partial charge in [0.1, 0.15) is 17.6 Å². The number of ketones is 1.